The van der Waals surface area contributed by atoms with Crippen molar-refractivity contribution >= 4 is 17.4 Å². The second-order valence-corrected chi connectivity index (χ2v) is 6.68. The van der Waals surface area contributed by atoms with Crippen LogP contribution in [-0.4, -0.2) is 24.8 Å². The molecule has 5 nitrogen and oxygen atoms in total. The van der Waals surface area contributed by atoms with Gasteiger partial charge in [0.1, 0.15) is 5.03 Å². The van der Waals surface area contributed by atoms with Crippen molar-refractivity contribution in [1.29, 1.82) is 0 Å². The molecular weight excluding hydrogens is 375 g/mol. The summed E-state index contributed by atoms with van der Waals surface area (Å²) < 4.78 is 39.5. The molecule has 0 saturated carbocycles. The van der Waals surface area contributed by atoms with Gasteiger partial charge in [0, 0.05) is 23.7 Å². The van der Waals surface area contributed by atoms with Crippen molar-refractivity contribution in [1.82, 2.24) is 24.8 Å². The summed E-state index contributed by atoms with van der Waals surface area (Å²) in [4.78, 5) is 3.98. The molecule has 4 aromatic rings. The summed E-state index contributed by atoms with van der Waals surface area (Å²) in [6.45, 7) is 0. The summed E-state index contributed by atoms with van der Waals surface area (Å²) in [5.41, 5.74) is 1.59. The third kappa shape index (κ3) is 3.77. The minimum atomic E-state index is -4.32. The molecule has 0 bridgehead atoms. The summed E-state index contributed by atoms with van der Waals surface area (Å²) in [5.74, 6) is 1.10. The van der Waals surface area contributed by atoms with Crippen LogP contribution in [0.15, 0.2) is 66.0 Å². The highest BCUT2D eigenvalue weighted by molar-refractivity contribution is 7.98. The Hall–Kier alpha value is -2.94. The second kappa shape index (κ2) is 6.99. The molecular formula is C18H12F3N5S. The van der Waals surface area contributed by atoms with Gasteiger partial charge in [-0.25, -0.2) is 0 Å². The number of hydrogen-bond acceptors (Lipinski definition) is 5. The van der Waals surface area contributed by atoms with E-state index in [9.17, 15) is 13.2 Å². The number of alkyl halides is 3. The number of pyridine rings is 1. The van der Waals surface area contributed by atoms with E-state index in [1.54, 1.807) is 23.0 Å². The Balaban J connectivity index is 1.54. The van der Waals surface area contributed by atoms with E-state index in [0.717, 1.165) is 28.3 Å². The molecule has 0 aliphatic carbocycles. The molecule has 0 aliphatic rings. The highest BCUT2D eigenvalue weighted by Crippen LogP contribution is 2.30. The Kier molecular flexibility index (Phi) is 4.53. The molecule has 0 unspecified atom stereocenters. The van der Waals surface area contributed by atoms with Crippen molar-refractivity contribution < 1.29 is 13.2 Å². The highest BCUT2D eigenvalue weighted by Gasteiger charge is 2.29. The summed E-state index contributed by atoms with van der Waals surface area (Å²) in [7, 11) is 0. The van der Waals surface area contributed by atoms with Crippen molar-refractivity contribution in [3.05, 3.63) is 72.1 Å². The molecule has 0 saturated heterocycles. The Bertz CT molecular complexity index is 1060. The minimum absolute atomic E-state index is 0.503. The molecule has 9 heteroatoms. The van der Waals surface area contributed by atoms with E-state index in [-0.39, 0.29) is 0 Å². The van der Waals surface area contributed by atoms with Gasteiger partial charge in [-0.3, -0.25) is 4.98 Å². The average Bonchev–Trinajstić information content (AvgIpc) is 3.10. The quantitative estimate of drug-likeness (QED) is 0.483. The second-order valence-electron chi connectivity index (χ2n) is 5.68. The number of rotatable bonds is 4. The Morgan fingerprint density at radius 2 is 1.63 bits per heavy atom. The monoisotopic (exact) mass is 387 g/mol. The van der Waals surface area contributed by atoms with Crippen molar-refractivity contribution in [3.8, 4) is 11.4 Å². The van der Waals surface area contributed by atoms with Gasteiger partial charge in [-0.05, 0) is 42.0 Å². The fourth-order valence-electron chi connectivity index (χ4n) is 2.48. The van der Waals surface area contributed by atoms with Crippen molar-refractivity contribution in [2.24, 2.45) is 0 Å². The predicted octanol–water partition coefficient (Wildman–Crippen LogP) is 4.50. The number of benzene rings is 1. The van der Waals surface area contributed by atoms with E-state index in [1.165, 1.54) is 23.9 Å². The van der Waals surface area contributed by atoms with Crippen molar-refractivity contribution in [3.63, 3.8) is 0 Å². The largest absolute Gasteiger partial charge is 0.416 e. The number of nitrogens with zero attached hydrogens (tertiary/aromatic N) is 5. The maximum Gasteiger partial charge on any atom is 0.416 e. The number of aromatic nitrogens is 5. The van der Waals surface area contributed by atoms with Crippen molar-refractivity contribution in [2.45, 2.75) is 17.0 Å². The molecule has 0 radical (unpaired) electrons. The van der Waals surface area contributed by atoms with E-state index in [2.05, 4.69) is 20.3 Å². The van der Waals surface area contributed by atoms with E-state index < -0.39 is 11.7 Å². The van der Waals surface area contributed by atoms with Crippen LogP contribution in [0.2, 0.25) is 0 Å². The lowest BCUT2D eigenvalue weighted by atomic mass is 10.1. The SMILES string of the molecule is FC(F)(F)c1ccc(CSc2ccc3nnc(-c4ccncc4)n3n2)cc1. The maximum absolute atomic E-state index is 12.6. The zero-order valence-corrected chi connectivity index (χ0v) is 14.6. The van der Waals surface area contributed by atoms with Gasteiger partial charge in [-0.15, -0.1) is 10.2 Å². The van der Waals surface area contributed by atoms with Crippen LogP contribution in [0.4, 0.5) is 13.2 Å². The van der Waals surface area contributed by atoms with Crippen LogP contribution >= 0.6 is 11.8 Å². The predicted molar refractivity (Wildman–Crippen MR) is 95.0 cm³/mol. The maximum atomic E-state index is 12.6. The van der Waals surface area contributed by atoms with Gasteiger partial charge in [-0.2, -0.15) is 22.8 Å². The molecule has 0 amide bonds. The first kappa shape index (κ1) is 17.5. The summed E-state index contributed by atoms with van der Waals surface area (Å²) >= 11 is 1.43. The van der Waals surface area contributed by atoms with Crippen LogP contribution in [0, 0.1) is 0 Å². The van der Waals surface area contributed by atoms with Crippen LogP contribution < -0.4 is 0 Å². The van der Waals surface area contributed by atoms with Crippen molar-refractivity contribution in [2.75, 3.05) is 0 Å². The summed E-state index contributed by atoms with van der Waals surface area (Å²) in [5, 5.41) is 13.5. The Morgan fingerprint density at radius 3 is 2.33 bits per heavy atom. The Labute approximate surface area is 156 Å². The third-order valence-electron chi connectivity index (χ3n) is 3.84. The number of hydrogen-bond donors (Lipinski definition) is 0. The first-order chi connectivity index (χ1) is 13.0. The van der Waals surface area contributed by atoms with Gasteiger partial charge in [0.15, 0.2) is 11.5 Å². The lowest BCUT2D eigenvalue weighted by Crippen LogP contribution is -2.04. The topological polar surface area (TPSA) is 56.0 Å². The smallest absolute Gasteiger partial charge is 0.265 e. The van der Waals surface area contributed by atoms with Gasteiger partial charge >= 0.3 is 6.18 Å². The minimum Gasteiger partial charge on any atom is -0.265 e. The van der Waals surface area contributed by atoms with E-state index >= 15 is 0 Å². The normalized spacial score (nSPS) is 11.8. The van der Waals surface area contributed by atoms with Crippen LogP contribution in [0.5, 0.6) is 0 Å². The lowest BCUT2D eigenvalue weighted by Gasteiger charge is -2.07. The fraction of sp³-hybridized carbons (Fsp3) is 0.111. The molecule has 0 spiro atoms. The van der Waals surface area contributed by atoms with Crippen LogP contribution in [0.25, 0.3) is 17.0 Å². The van der Waals surface area contributed by atoms with E-state index in [0.29, 0.717) is 17.2 Å². The molecule has 3 heterocycles. The molecule has 27 heavy (non-hydrogen) atoms. The fourth-order valence-corrected chi connectivity index (χ4v) is 3.29. The number of thioether (sulfide) groups is 1. The number of fused-ring (bicyclic) bond motifs is 1. The standard InChI is InChI=1S/C18H12F3N5S/c19-18(20,21)14-3-1-12(2-4-14)11-27-16-6-5-15-23-24-17(26(15)25-16)13-7-9-22-10-8-13/h1-10H,11H2. The van der Waals surface area contributed by atoms with Crippen LogP contribution in [0.3, 0.4) is 0 Å². The molecule has 3 aromatic heterocycles. The first-order valence-electron chi connectivity index (χ1n) is 7.92. The molecule has 0 aliphatic heterocycles. The van der Waals surface area contributed by atoms with E-state index in [1.807, 2.05) is 18.2 Å². The molecule has 136 valence electrons. The first-order valence-corrected chi connectivity index (χ1v) is 8.91. The zero-order valence-electron chi connectivity index (χ0n) is 13.8. The molecule has 0 N–H and O–H groups in total. The van der Waals surface area contributed by atoms with Crippen LogP contribution in [-0.2, 0) is 11.9 Å². The van der Waals surface area contributed by atoms with Crippen LogP contribution in [0.1, 0.15) is 11.1 Å². The van der Waals surface area contributed by atoms with Gasteiger partial charge in [0.2, 0.25) is 0 Å². The van der Waals surface area contributed by atoms with Gasteiger partial charge in [0.25, 0.3) is 0 Å². The average molecular weight is 387 g/mol. The Morgan fingerprint density at radius 1 is 0.889 bits per heavy atom. The molecule has 4 rings (SSSR count). The zero-order chi connectivity index (χ0) is 18.9. The molecule has 0 atom stereocenters. The third-order valence-corrected chi connectivity index (χ3v) is 4.84. The highest BCUT2D eigenvalue weighted by atomic mass is 32.2. The summed E-state index contributed by atoms with van der Waals surface area (Å²) in [6.07, 6.45) is -0.991. The van der Waals surface area contributed by atoms with Gasteiger partial charge in [0.05, 0.1) is 5.56 Å². The summed E-state index contributed by atoms with van der Waals surface area (Å²) in [6, 6.07) is 12.4. The number of halogens is 3. The lowest BCUT2D eigenvalue weighted by molar-refractivity contribution is -0.137. The van der Waals surface area contributed by atoms with E-state index in [4.69, 9.17) is 0 Å². The van der Waals surface area contributed by atoms with Gasteiger partial charge < -0.3 is 0 Å². The molecule has 0 fully saturated rings. The van der Waals surface area contributed by atoms with Gasteiger partial charge in [-0.1, -0.05) is 23.9 Å². The molecule has 1 aromatic carbocycles.